The first kappa shape index (κ1) is 14.5. The van der Waals surface area contributed by atoms with E-state index in [0.29, 0.717) is 0 Å². The smallest absolute Gasteiger partial charge is 0.106 e. The molecule has 0 aromatic rings. The molecule has 0 aromatic heterocycles. The van der Waals surface area contributed by atoms with E-state index in [9.17, 15) is 5.21 Å². The predicted octanol–water partition coefficient (Wildman–Crippen LogP) is 3.06. The van der Waals surface area contributed by atoms with Gasteiger partial charge in [-0.25, -0.2) is 0 Å². The van der Waals surface area contributed by atoms with Crippen LogP contribution in [-0.2, 0) is 4.84 Å². The molecule has 0 amide bonds. The second kappa shape index (κ2) is 4.94. The minimum absolute atomic E-state index is 0.192. The van der Waals surface area contributed by atoms with Gasteiger partial charge < -0.3 is 10.0 Å². The monoisotopic (exact) mass is 242 g/mol. The van der Waals surface area contributed by atoms with E-state index in [2.05, 4.69) is 39.8 Å². The van der Waals surface area contributed by atoms with Crippen molar-refractivity contribution < 1.29 is 10.0 Å². The van der Waals surface area contributed by atoms with Crippen LogP contribution in [0.15, 0.2) is 5.16 Å². The van der Waals surface area contributed by atoms with Gasteiger partial charge in [0.05, 0.1) is 11.3 Å². The van der Waals surface area contributed by atoms with Crippen LogP contribution in [0.4, 0.5) is 0 Å². The summed E-state index contributed by atoms with van der Waals surface area (Å²) < 4.78 is 0. The van der Waals surface area contributed by atoms with Crippen LogP contribution in [-0.4, -0.2) is 34.2 Å². The third kappa shape index (κ3) is 2.20. The second-order valence-electron chi connectivity index (χ2n) is 5.54. The fourth-order valence-corrected chi connectivity index (χ4v) is 2.74. The lowest BCUT2D eigenvalue weighted by molar-refractivity contribution is -0.249. The summed E-state index contributed by atoms with van der Waals surface area (Å²) >= 11 is 0. The fraction of sp³-hybridized carbons (Fsp3) is 0.923. The molecule has 4 heteroatoms. The Balaban J connectivity index is 3.18. The molecule has 0 spiro atoms. The molecule has 3 unspecified atom stereocenters. The Morgan fingerprint density at radius 2 is 2.00 bits per heavy atom. The van der Waals surface area contributed by atoms with Crippen LogP contribution in [0.2, 0.25) is 0 Å². The highest BCUT2D eigenvalue weighted by molar-refractivity contribution is 5.89. The van der Waals surface area contributed by atoms with Crippen molar-refractivity contribution in [3.05, 3.63) is 0 Å². The highest BCUT2D eigenvalue weighted by Gasteiger charge is 2.51. The van der Waals surface area contributed by atoms with Gasteiger partial charge in [0.1, 0.15) is 7.11 Å². The molecule has 1 N–H and O–H groups in total. The zero-order valence-electron chi connectivity index (χ0n) is 11.9. The van der Waals surface area contributed by atoms with Gasteiger partial charge in [-0.3, -0.25) is 0 Å². The fourth-order valence-electron chi connectivity index (χ4n) is 2.74. The molecule has 0 radical (unpaired) electrons. The normalized spacial score (nSPS) is 41.8. The highest BCUT2D eigenvalue weighted by atomic mass is 16.6. The van der Waals surface area contributed by atoms with Crippen LogP contribution in [0.1, 0.15) is 53.9 Å². The van der Waals surface area contributed by atoms with Gasteiger partial charge >= 0.3 is 0 Å². The van der Waals surface area contributed by atoms with Gasteiger partial charge in [0.15, 0.2) is 0 Å². The average Bonchev–Trinajstić information content (AvgIpc) is 2.33. The summed E-state index contributed by atoms with van der Waals surface area (Å²) in [6.07, 6.45) is 2.52. The molecular formula is C13H26N2O2. The summed E-state index contributed by atoms with van der Waals surface area (Å²) in [5.41, 5.74) is 0.515. The number of hydroxylamine groups is 2. The zero-order valence-corrected chi connectivity index (χ0v) is 11.9. The summed E-state index contributed by atoms with van der Waals surface area (Å²) in [6.45, 7) is 10.5. The zero-order chi connectivity index (χ0) is 13.3. The minimum atomic E-state index is -0.277. The molecule has 3 atom stereocenters. The first-order valence-corrected chi connectivity index (χ1v) is 6.44. The molecule has 0 aliphatic carbocycles. The molecule has 1 fully saturated rings. The molecule has 0 bridgehead atoms. The summed E-state index contributed by atoms with van der Waals surface area (Å²) in [5.74, 6) is 0.192. The van der Waals surface area contributed by atoms with Gasteiger partial charge in [-0.15, -0.1) is 0 Å². The summed E-state index contributed by atoms with van der Waals surface area (Å²) in [7, 11) is 1.58. The van der Waals surface area contributed by atoms with Gasteiger partial charge in [-0.1, -0.05) is 25.9 Å². The first-order chi connectivity index (χ1) is 7.85. The van der Waals surface area contributed by atoms with E-state index in [0.717, 1.165) is 25.0 Å². The summed E-state index contributed by atoms with van der Waals surface area (Å²) in [5, 5.41) is 16.3. The van der Waals surface area contributed by atoms with Gasteiger partial charge in [0.2, 0.25) is 0 Å². The van der Waals surface area contributed by atoms with E-state index < -0.39 is 0 Å². The van der Waals surface area contributed by atoms with E-state index in [1.54, 1.807) is 12.2 Å². The largest absolute Gasteiger partial charge is 0.399 e. The predicted molar refractivity (Wildman–Crippen MR) is 69.2 cm³/mol. The Labute approximate surface area is 105 Å². The second-order valence-corrected chi connectivity index (χ2v) is 5.54. The van der Waals surface area contributed by atoms with Crippen LogP contribution < -0.4 is 0 Å². The molecule has 100 valence electrons. The van der Waals surface area contributed by atoms with Gasteiger partial charge in [0, 0.05) is 17.9 Å². The topological polar surface area (TPSA) is 45.1 Å². The highest BCUT2D eigenvalue weighted by Crippen LogP contribution is 2.42. The lowest BCUT2D eigenvalue weighted by atomic mass is 9.70. The van der Waals surface area contributed by atoms with E-state index in [-0.39, 0.29) is 17.0 Å². The van der Waals surface area contributed by atoms with E-state index >= 15 is 0 Å². The first-order valence-electron chi connectivity index (χ1n) is 6.44. The van der Waals surface area contributed by atoms with Gasteiger partial charge in [-0.2, -0.15) is 5.06 Å². The number of hydrogen-bond donors (Lipinski definition) is 1. The number of rotatable bonds is 3. The third-order valence-electron chi connectivity index (χ3n) is 4.68. The Morgan fingerprint density at radius 3 is 2.41 bits per heavy atom. The van der Waals surface area contributed by atoms with Crippen molar-refractivity contribution in [1.29, 1.82) is 0 Å². The van der Waals surface area contributed by atoms with Crippen LogP contribution in [0, 0.1) is 5.92 Å². The Bertz CT molecular complexity index is 306. The molecule has 0 aromatic carbocycles. The Morgan fingerprint density at radius 1 is 1.41 bits per heavy atom. The molecule has 1 aliphatic rings. The van der Waals surface area contributed by atoms with Gasteiger partial charge in [0.25, 0.3) is 0 Å². The number of nitrogens with zero attached hydrogens (tertiary/aromatic N) is 2. The maximum atomic E-state index is 10.5. The van der Waals surface area contributed by atoms with Crippen molar-refractivity contribution in [2.75, 3.05) is 7.11 Å². The molecule has 0 saturated carbocycles. The van der Waals surface area contributed by atoms with Gasteiger partial charge in [-0.05, 0) is 26.7 Å². The van der Waals surface area contributed by atoms with Crippen molar-refractivity contribution >= 4 is 5.71 Å². The Kier molecular flexibility index (Phi) is 4.20. The number of oxime groups is 1. The standard InChI is InChI=1S/C13H26N2O2/c1-7-12(4)9-11(14-17-6)10(3)13(5,8-2)15(12)16/h10,16H,7-9H2,1-6H3. The minimum Gasteiger partial charge on any atom is -0.399 e. The molecule has 17 heavy (non-hydrogen) atoms. The lowest BCUT2D eigenvalue weighted by Gasteiger charge is -2.54. The van der Waals surface area contributed by atoms with Crippen LogP contribution >= 0.6 is 0 Å². The third-order valence-corrected chi connectivity index (χ3v) is 4.68. The quantitative estimate of drug-likeness (QED) is 0.774. The van der Waals surface area contributed by atoms with Crippen molar-refractivity contribution in [2.24, 2.45) is 11.1 Å². The maximum absolute atomic E-state index is 10.5. The number of piperidine rings is 1. The average molecular weight is 242 g/mol. The molecular weight excluding hydrogens is 216 g/mol. The maximum Gasteiger partial charge on any atom is 0.106 e. The summed E-state index contributed by atoms with van der Waals surface area (Å²) in [4.78, 5) is 4.95. The van der Waals surface area contributed by atoms with Crippen molar-refractivity contribution in [1.82, 2.24) is 5.06 Å². The molecule has 1 saturated heterocycles. The summed E-state index contributed by atoms with van der Waals surface area (Å²) in [6, 6.07) is 0. The lowest BCUT2D eigenvalue weighted by Crippen LogP contribution is -2.65. The van der Waals surface area contributed by atoms with Crippen LogP contribution in [0.25, 0.3) is 0 Å². The molecule has 1 heterocycles. The number of hydrogen-bond acceptors (Lipinski definition) is 4. The SMILES string of the molecule is CCC1(C)CC(=NOC)C(C)C(C)(CC)N1O. The Hall–Kier alpha value is -0.610. The van der Waals surface area contributed by atoms with Crippen LogP contribution in [0.3, 0.4) is 0 Å². The van der Waals surface area contributed by atoms with Crippen molar-refractivity contribution in [3.8, 4) is 0 Å². The molecule has 1 rings (SSSR count). The van der Waals surface area contributed by atoms with E-state index in [1.165, 1.54) is 0 Å². The molecule has 1 aliphatic heterocycles. The van der Waals surface area contributed by atoms with Crippen LogP contribution in [0.5, 0.6) is 0 Å². The van der Waals surface area contributed by atoms with E-state index in [4.69, 9.17) is 4.84 Å². The van der Waals surface area contributed by atoms with Crippen molar-refractivity contribution in [3.63, 3.8) is 0 Å². The molecule has 4 nitrogen and oxygen atoms in total. The van der Waals surface area contributed by atoms with E-state index in [1.807, 2.05) is 0 Å². The van der Waals surface area contributed by atoms with Crippen molar-refractivity contribution in [2.45, 2.75) is 65.0 Å².